The van der Waals surface area contributed by atoms with Gasteiger partial charge in [-0.15, -0.1) is 0 Å². The number of phenols is 1. The Balaban J connectivity index is 1.98. The number of H-pyrrole nitrogens is 1. The molecule has 2 N–H and O–H groups in total. The molecule has 2 aromatic heterocycles. The molecule has 0 aliphatic rings. The minimum absolute atomic E-state index is 0.0136. The van der Waals surface area contributed by atoms with Crippen molar-refractivity contribution in [1.82, 2.24) is 9.97 Å². The molecule has 7 nitrogen and oxygen atoms in total. The van der Waals surface area contributed by atoms with E-state index in [0.717, 1.165) is 5.56 Å². The molecule has 3 aromatic rings. The van der Waals surface area contributed by atoms with Crippen molar-refractivity contribution in [2.24, 2.45) is 0 Å². The Hall–Kier alpha value is -3.09. The Bertz CT molecular complexity index is 1020. The van der Waals surface area contributed by atoms with Crippen LogP contribution in [0.15, 0.2) is 38.3 Å². The third kappa shape index (κ3) is 3.01. The summed E-state index contributed by atoms with van der Waals surface area (Å²) in [5.74, 6) is 0.0866. The second kappa shape index (κ2) is 6.19. The lowest BCUT2D eigenvalue weighted by molar-refractivity contribution is 0.274. The Labute approximate surface area is 136 Å². The molecular formula is C17H16N2O5. The second-order valence-electron chi connectivity index (χ2n) is 5.42. The summed E-state index contributed by atoms with van der Waals surface area (Å²) in [4.78, 5) is 30.4. The fraction of sp³-hybridized carbons (Fsp3) is 0.235. The number of aromatic nitrogens is 2. The van der Waals surface area contributed by atoms with Gasteiger partial charge in [-0.3, -0.25) is 9.78 Å². The molecule has 0 saturated heterocycles. The molecule has 124 valence electrons. The zero-order valence-electron chi connectivity index (χ0n) is 13.3. The van der Waals surface area contributed by atoms with Gasteiger partial charge in [0.1, 0.15) is 17.7 Å². The van der Waals surface area contributed by atoms with Gasteiger partial charge < -0.3 is 14.3 Å². The highest BCUT2D eigenvalue weighted by atomic mass is 16.5. The third-order valence-electron chi connectivity index (χ3n) is 3.66. The van der Waals surface area contributed by atoms with E-state index in [1.54, 1.807) is 18.2 Å². The number of nitrogens with one attached hydrogen (secondary N) is 1. The van der Waals surface area contributed by atoms with Gasteiger partial charge in [-0.2, -0.15) is 4.98 Å². The van der Waals surface area contributed by atoms with Crippen LogP contribution in [0.4, 0.5) is 0 Å². The summed E-state index contributed by atoms with van der Waals surface area (Å²) in [7, 11) is 0. The van der Waals surface area contributed by atoms with Gasteiger partial charge in [-0.25, -0.2) is 4.79 Å². The number of fused-ring (bicyclic) bond motifs is 1. The van der Waals surface area contributed by atoms with Crippen molar-refractivity contribution in [2.75, 3.05) is 0 Å². The molecule has 0 radical (unpaired) electrons. The highest BCUT2D eigenvalue weighted by Gasteiger charge is 2.13. The molecule has 0 amide bonds. The number of aryl methyl sites for hydroxylation is 2. The van der Waals surface area contributed by atoms with E-state index >= 15 is 0 Å². The van der Waals surface area contributed by atoms with E-state index in [1.165, 1.54) is 6.07 Å². The van der Waals surface area contributed by atoms with Crippen LogP contribution in [0.5, 0.6) is 11.8 Å². The topological polar surface area (TPSA) is 105 Å². The minimum atomic E-state index is -0.570. The molecule has 0 bridgehead atoms. The van der Waals surface area contributed by atoms with Gasteiger partial charge in [0.25, 0.3) is 11.6 Å². The molecule has 0 unspecified atom stereocenters. The summed E-state index contributed by atoms with van der Waals surface area (Å²) in [5.41, 5.74) is 1.01. The summed E-state index contributed by atoms with van der Waals surface area (Å²) < 4.78 is 10.4. The van der Waals surface area contributed by atoms with Crippen LogP contribution in [0, 0.1) is 6.92 Å². The Kier molecular flexibility index (Phi) is 4.07. The van der Waals surface area contributed by atoms with Crippen LogP contribution in [-0.4, -0.2) is 15.1 Å². The zero-order chi connectivity index (χ0) is 17.3. The van der Waals surface area contributed by atoms with E-state index in [4.69, 9.17) is 9.15 Å². The van der Waals surface area contributed by atoms with Gasteiger partial charge in [0.15, 0.2) is 0 Å². The maximum atomic E-state index is 12.2. The van der Waals surface area contributed by atoms with Gasteiger partial charge >= 0.3 is 5.63 Å². The normalized spacial score (nSPS) is 10.9. The zero-order valence-corrected chi connectivity index (χ0v) is 13.3. The molecular weight excluding hydrogens is 312 g/mol. The number of aromatic hydroxyl groups is 1. The lowest BCUT2D eigenvalue weighted by atomic mass is 10.1. The van der Waals surface area contributed by atoms with Crippen molar-refractivity contribution in [3.8, 4) is 11.8 Å². The maximum Gasteiger partial charge on any atom is 0.337 e. The van der Waals surface area contributed by atoms with E-state index in [-0.39, 0.29) is 29.5 Å². The van der Waals surface area contributed by atoms with Gasteiger partial charge in [0.2, 0.25) is 5.71 Å². The number of nitrogens with zero attached hydrogens (tertiary/aromatic N) is 1. The summed E-state index contributed by atoms with van der Waals surface area (Å²) in [6.45, 7) is 3.73. The average molecular weight is 328 g/mol. The SMILES string of the molecule is CCc1cc(=O)oc2nc(OCc3cc(C)ccc3O)[nH]c(=O)c12. The van der Waals surface area contributed by atoms with Gasteiger partial charge in [0, 0.05) is 11.6 Å². The first kappa shape index (κ1) is 15.8. The molecule has 0 atom stereocenters. The molecule has 3 rings (SSSR count). The largest absolute Gasteiger partial charge is 0.508 e. The Morgan fingerprint density at radius 3 is 2.79 bits per heavy atom. The highest BCUT2D eigenvalue weighted by molar-refractivity contribution is 5.75. The van der Waals surface area contributed by atoms with Crippen molar-refractivity contribution < 1.29 is 14.3 Å². The van der Waals surface area contributed by atoms with Gasteiger partial charge in [-0.1, -0.05) is 18.6 Å². The fourth-order valence-corrected chi connectivity index (χ4v) is 2.45. The number of benzene rings is 1. The molecule has 2 heterocycles. The quantitative estimate of drug-likeness (QED) is 0.759. The van der Waals surface area contributed by atoms with E-state index in [1.807, 2.05) is 13.8 Å². The van der Waals surface area contributed by atoms with Crippen LogP contribution in [0.1, 0.15) is 23.6 Å². The smallest absolute Gasteiger partial charge is 0.337 e. The molecule has 24 heavy (non-hydrogen) atoms. The predicted octanol–water partition coefficient (Wildman–Crippen LogP) is 2.03. The summed E-state index contributed by atoms with van der Waals surface area (Å²) in [6, 6.07) is 6.31. The minimum Gasteiger partial charge on any atom is -0.508 e. The van der Waals surface area contributed by atoms with Crippen LogP contribution in [0.3, 0.4) is 0 Å². The molecule has 0 aliphatic carbocycles. The van der Waals surface area contributed by atoms with E-state index in [0.29, 0.717) is 17.5 Å². The van der Waals surface area contributed by atoms with Gasteiger partial charge in [-0.05, 0) is 31.0 Å². The third-order valence-corrected chi connectivity index (χ3v) is 3.66. The van der Waals surface area contributed by atoms with Crippen molar-refractivity contribution >= 4 is 11.1 Å². The Morgan fingerprint density at radius 1 is 1.25 bits per heavy atom. The molecule has 7 heteroatoms. The number of phenolic OH excluding ortho intramolecular Hbond substituents is 1. The van der Waals surface area contributed by atoms with Gasteiger partial charge in [0.05, 0.1) is 0 Å². The van der Waals surface area contributed by atoms with Crippen molar-refractivity contribution in [1.29, 1.82) is 0 Å². The lowest BCUT2D eigenvalue weighted by Gasteiger charge is -2.08. The van der Waals surface area contributed by atoms with Crippen LogP contribution >= 0.6 is 0 Å². The number of rotatable bonds is 4. The second-order valence-corrected chi connectivity index (χ2v) is 5.42. The maximum absolute atomic E-state index is 12.2. The van der Waals surface area contributed by atoms with Crippen LogP contribution < -0.4 is 15.9 Å². The number of aromatic amines is 1. The predicted molar refractivity (Wildman–Crippen MR) is 87.5 cm³/mol. The average Bonchev–Trinajstić information content (AvgIpc) is 2.54. The standard InChI is InChI=1S/C17H16N2O5/c1-3-10-7-13(21)24-16-14(10)15(22)18-17(19-16)23-8-11-6-9(2)4-5-12(11)20/h4-7,20H,3,8H2,1-2H3,(H,18,19,22). The van der Waals surface area contributed by atoms with Crippen molar-refractivity contribution in [3.05, 3.63) is 61.7 Å². The molecule has 0 spiro atoms. The number of ether oxygens (including phenoxy) is 1. The lowest BCUT2D eigenvalue weighted by Crippen LogP contribution is -2.15. The van der Waals surface area contributed by atoms with E-state index < -0.39 is 11.2 Å². The highest BCUT2D eigenvalue weighted by Crippen LogP contribution is 2.20. The monoisotopic (exact) mass is 328 g/mol. The summed E-state index contributed by atoms with van der Waals surface area (Å²) in [6.07, 6.45) is 0.504. The summed E-state index contributed by atoms with van der Waals surface area (Å²) in [5, 5.41) is 10.1. The molecule has 0 saturated carbocycles. The molecule has 1 aromatic carbocycles. The summed E-state index contributed by atoms with van der Waals surface area (Å²) >= 11 is 0. The van der Waals surface area contributed by atoms with Crippen LogP contribution in [-0.2, 0) is 13.0 Å². The molecule has 0 fully saturated rings. The Morgan fingerprint density at radius 2 is 2.04 bits per heavy atom. The van der Waals surface area contributed by atoms with Crippen molar-refractivity contribution in [2.45, 2.75) is 26.9 Å². The molecule has 0 aliphatic heterocycles. The number of hydrogen-bond acceptors (Lipinski definition) is 6. The van der Waals surface area contributed by atoms with Crippen LogP contribution in [0.2, 0.25) is 0 Å². The van der Waals surface area contributed by atoms with Crippen molar-refractivity contribution in [3.63, 3.8) is 0 Å². The fourth-order valence-electron chi connectivity index (χ4n) is 2.45. The first-order chi connectivity index (χ1) is 11.5. The number of hydrogen-bond donors (Lipinski definition) is 2. The first-order valence-electron chi connectivity index (χ1n) is 7.46. The van der Waals surface area contributed by atoms with E-state index in [9.17, 15) is 14.7 Å². The van der Waals surface area contributed by atoms with Crippen LogP contribution in [0.25, 0.3) is 11.1 Å². The van der Waals surface area contributed by atoms with E-state index in [2.05, 4.69) is 9.97 Å². The first-order valence-corrected chi connectivity index (χ1v) is 7.46.